The standard InChI is InChI=1S/C24H25Br/c1-5-15(3)24(19-10-9-17-7-8-18(17)13-19)16(4)21(6-2)22-12-11-20(25)14-23(22)24/h5,9-14H,6-8H2,1-4H3. The molecule has 0 aromatic heterocycles. The summed E-state index contributed by atoms with van der Waals surface area (Å²) in [5.41, 5.74) is 11.7. The van der Waals surface area contributed by atoms with Gasteiger partial charge in [0.05, 0.1) is 5.41 Å². The maximum atomic E-state index is 3.72. The van der Waals surface area contributed by atoms with Gasteiger partial charge in [-0.15, -0.1) is 0 Å². The molecule has 128 valence electrons. The first kappa shape index (κ1) is 16.8. The molecule has 0 fully saturated rings. The zero-order valence-corrected chi connectivity index (χ0v) is 17.1. The fraction of sp³-hybridized carbons (Fsp3) is 0.333. The van der Waals surface area contributed by atoms with Crippen LogP contribution in [0.2, 0.25) is 0 Å². The van der Waals surface area contributed by atoms with Crippen LogP contribution in [0, 0.1) is 0 Å². The van der Waals surface area contributed by atoms with E-state index in [-0.39, 0.29) is 5.41 Å². The number of benzene rings is 2. The van der Waals surface area contributed by atoms with Crippen LogP contribution in [0.3, 0.4) is 0 Å². The van der Waals surface area contributed by atoms with Crippen LogP contribution in [-0.4, -0.2) is 0 Å². The molecule has 2 aliphatic carbocycles. The molecular weight excluding hydrogens is 368 g/mol. The van der Waals surface area contributed by atoms with Crippen LogP contribution < -0.4 is 0 Å². The van der Waals surface area contributed by atoms with E-state index < -0.39 is 0 Å². The molecule has 1 unspecified atom stereocenters. The Hall–Kier alpha value is -1.60. The largest absolute Gasteiger partial charge is 0.0872 e. The number of hydrogen-bond donors (Lipinski definition) is 0. The lowest BCUT2D eigenvalue weighted by molar-refractivity contribution is 0.710. The van der Waals surface area contributed by atoms with Gasteiger partial charge in [-0.1, -0.05) is 64.3 Å². The molecule has 0 aliphatic heterocycles. The van der Waals surface area contributed by atoms with E-state index in [0.29, 0.717) is 0 Å². The van der Waals surface area contributed by atoms with E-state index in [0.717, 1.165) is 10.9 Å². The van der Waals surface area contributed by atoms with Crippen LogP contribution in [0.25, 0.3) is 5.57 Å². The number of hydrogen-bond acceptors (Lipinski definition) is 0. The van der Waals surface area contributed by atoms with Gasteiger partial charge >= 0.3 is 0 Å². The normalized spacial score (nSPS) is 21.9. The van der Waals surface area contributed by atoms with E-state index in [1.807, 2.05) is 0 Å². The lowest BCUT2D eigenvalue weighted by Crippen LogP contribution is -2.30. The molecular formula is C24H25Br. The molecule has 0 heterocycles. The van der Waals surface area contributed by atoms with Gasteiger partial charge in [0.1, 0.15) is 0 Å². The Kier molecular flexibility index (Phi) is 4.03. The minimum atomic E-state index is -0.121. The molecule has 25 heavy (non-hydrogen) atoms. The Morgan fingerprint density at radius 2 is 1.88 bits per heavy atom. The van der Waals surface area contributed by atoms with Crippen molar-refractivity contribution in [2.24, 2.45) is 0 Å². The van der Waals surface area contributed by atoms with Gasteiger partial charge in [-0.3, -0.25) is 0 Å². The van der Waals surface area contributed by atoms with Crippen LogP contribution >= 0.6 is 15.9 Å². The van der Waals surface area contributed by atoms with E-state index in [4.69, 9.17) is 0 Å². The van der Waals surface area contributed by atoms with Crippen molar-refractivity contribution in [3.8, 4) is 0 Å². The maximum absolute atomic E-state index is 3.72. The average molecular weight is 393 g/mol. The number of rotatable bonds is 3. The third-order valence-corrected chi connectivity index (χ3v) is 6.90. The topological polar surface area (TPSA) is 0 Å². The summed E-state index contributed by atoms with van der Waals surface area (Å²) in [6.45, 7) is 9.10. The summed E-state index contributed by atoms with van der Waals surface area (Å²) in [6, 6.07) is 14.0. The Morgan fingerprint density at radius 3 is 2.48 bits per heavy atom. The van der Waals surface area contributed by atoms with Crippen molar-refractivity contribution in [3.05, 3.63) is 85.9 Å². The highest BCUT2D eigenvalue weighted by Crippen LogP contribution is 2.56. The molecule has 0 saturated carbocycles. The van der Waals surface area contributed by atoms with Gasteiger partial charge in [0.25, 0.3) is 0 Å². The smallest absolute Gasteiger partial charge is 0.0628 e. The molecule has 2 aliphatic rings. The lowest BCUT2D eigenvalue weighted by atomic mass is 9.66. The van der Waals surface area contributed by atoms with Crippen LogP contribution in [-0.2, 0) is 18.3 Å². The Bertz CT molecular complexity index is 929. The summed E-state index contributed by atoms with van der Waals surface area (Å²) in [4.78, 5) is 0. The third-order valence-electron chi connectivity index (χ3n) is 6.41. The molecule has 0 amide bonds. The van der Waals surface area contributed by atoms with E-state index in [1.165, 1.54) is 57.4 Å². The first-order valence-electron chi connectivity index (χ1n) is 9.30. The van der Waals surface area contributed by atoms with E-state index in [1.54, 1.807) is 0 Å². The highest BCUT2D eigenvalue weighted by atomic mass is 79.9. The van der Waals surface area contributed by atoms with Crippen molar-refractivity contribution in [3.63, 3.8) is 0 Å². The molecule has 0 N–H and O–H groups in total. The second kappa shape index (κ2) is 5.99. The van der Waals surface area contributed by atoms with Crippen molar-refractivity contribution in [2.45, 2.75) is 52.4 Å². The minimum Gasteiger partial charge on any atom is -0.0872 e. The second-order valence-corrected chi connectivity index (χ2v) is 8.27. The second-order valence-electron chi connectivity index (χ2n) is 7.35. The van der Waals surface area contributed by atoms with E-state index in [2.05, 4.69) is 86.1 Å². The minimum absolute atomic E-state index is 0.121. The van der Waals surface area contributed by atoms with Gasteiger partial charge < -0.3 is 0 Å². The number of aryl methyl sites for hydroxylation is 2. The Balaban J connectivity index is 2.10. The summed E-state index contributed by atoms with van der Waals surface area (Å²) in [5.74, 6) is 0. The van der Waals surface area contributed by atoms with Gasteiger partial charge in [0, 0.05) is 4.47 Å². The highest BCUT2D eigenvalue weighted by Gasteiger charge is 2.45. The molecule has 0 saturated heterocycles. The van der Waals surface area contributed by atoms with Crippen LogP contribution in [0.4, 0.5) is 0 Å². The molecule has 1 atom stereocenters. The highest BCUT2D eigenvalue weighted by molar-refractivity contribution is 9.10. The molecule has 1 heteroatoms. The number of halogens is 1. The van der Waals surface area contributed by atoms with Gasteiger partial charge in [-0.25, -0.2) is 0 Å². The summed E-state index contributed by atoms with van der Waals surface area (Å²) in [7, 11) is 0. The number of allylic oxidation sites excluding steroid dienone is 4. The molecule has 2 aromatic rings. The first-order chi connectivity index (χ1) is 12.0. The van der Waals surface area contributed by atoms with Gasteiger partial charge in [0.2, 0.25) is 0 Å². The van der Waals surface area contributed by atoms with E-state index >= 15 is 0 Å². The summed E-state index contributed by atoms with van der Waals surface area (Å²) >= 11 is 3.72. The fourth-order valence-electron chi connectivity index (χ4n) is 4.93. The van der Waals surface area contributed by atoms with Crippen molar-refractivity contribution in [2.75, 3.05) is 0 Å². The lowest BCUT2D eigenvalue weighted by Gasteiger charge is -2.36. The zero-order chi connectivity index (χ0) is 17.8. The monoisotopic (exact) mass is 392 g/mol. The van der Waals surface area contributed by atoms with Crippen LogP contribution in [0.15, 0.2) is 58.1 Å². The SMILES string of the molecule is CC=C(C)C1(c2ccc3c(c2)CC3)C(C)=C(CC)c2ccc(Br)cc21. The van der Waals surface area contributed by atoms with Gasteiger partial charge in [0.15, 0.2) is 0 Å². The molecule has 0 bridgehead atoms. The van der Waals surface area contributed by atoms with Crippen molar-refractivity contribution in [1.29, 1.82) is 0 Å². The summed E-state index contributed by atoms with van der Waals surface area (Å²) in [5, 5.41) is 0. The first-order valence-corrected chi connectivity index (χ1v) is 10.1. The Morgan fingerprint density at radius 1 is 1.12 bits per heavy atom. The molecule has 0 radical (unpaired) electrons. The quantitative estimate of drug-likeness (QED) is 0.493. The fourth-order valence-corrected chi connectivity index (χ4v) is 5.29. The van der Waals surface area contributed by atoms with Crippen molar-refractivity contribution >= 4 is 21.5 Å². The molecule has 0 spiro atoms. The molecule has 2 aromatic carbocycles. The van der Waals surface area contributed by atoms with Crippen molar-refractivity contribution in [1.82, 2.24) is 0 Å². The van der Waals surface area contributed by atoms with Crippen molar-refractivity contribution < 1.29 is 0 Å². The van der Waals surface area contributed by atoms with Crippen LogP contribution in [0.1, 0.15) is 61.9 Å². The summed E-state index contributed by atoms with van der Waals surface area (Å²) in [6.07, 6.45) is 5.83. The average Bonchev–Trinajstić information content (AvgIpc) is 2.83. The molecule has 0 nitrogen and oxygen atoms in total. The molecule has 4 rings (SSSR count). The summed E-state index contributed by atoms with van der Waals surface area (Å²) < 4.78 is 1.16. The predicted octanol–water partition coefficient (Wildman–Crippen LogP) is 7.00. The predicted molar refractivity (Wildman–Crippen MR) is 111 cm³/mol. The van der Waals surface area contributed by atoms with Gasteiger partial charge in [-0.2, -0.15) is 0 Å². The van der Waals surface area contributed by atoms with E-state index in [9.17, 15) is 0 Å². The maximum Gasteiger partial charge on any atom is 0.0628 e. The zero-order valence-electron chi connectivity index (χ0n) is 15.5. The number of fused-ring (bicyclic) bond motifs is 2. The van der Waals surface area contributed by atoms with Gasteiger partial charge in [-0.05, 0) is 85.6 Å². The van der Waals surface area contributed by atoms with Crippen LogP contribution in [0.5, 0.6) is 0 Å². The Labute approximate surface area is 159 Å². The third kappa shape index (κ3) is 2.18.